The zero-order valence-electron chi connectivity index (χ0n) is 19.9. The molecule has 0 radical (unpaired) electrons. The van der Waals surface area contributed by atoms with Gasteiger partial charge in [-0.1, -0.05) is 26.7 Å². The van der Waals surface area contributed by atoms with Crippen molar-refractivity contribution in [2.75, 3.05) is 13.6 Å². The topological polar surface area (TPSA) is 153 Å². The number of likely N-dealkylation sites (N-methyl/N-ethyl adjacent to an activating group) is 1. The third-order valence-electron chi connectivity index (χ3n) is 6.28. The van der Waals surface area contributed by atoms with E-state index in [1.165, 1.54) is 13.8 Å². The molecule has 0 saturated heterocycles. The maximum Gasteiger partial charge on any atom is 0.220 e. The van der Waals surface area contributed by atoms with Crippen LogP contribution < -0.4 is 16.8 Å². The first-order chi connectivity index (χ1) is 14.5. The quantitative estimate of drug-likeness (QED) is 0.253. The van der Waals surface area contributed by atoms with Gasteiger partial charge in [-0.25, -0.2) is 0 Å². The first-order valence-electron chi connectivity index (χ1n) is 11.4. The largest absolute Gasteiger partial charge is 0.391 e. The summed E-state index contributed by atoms with van der Waals surface area (Å²) in [5, 5.41) is 13.7. The van der Waals surface area contributed by atoms with Crippen LogP contribution in [0.3, 0.4) is 0 Å². The van der Waals surface area contributed by atoms with Crippen LogP contribution in [0.5, 0.6) is 0 Å². The number of hydrogen-bond donors (Lipinski definition) is 4. The van der Waals surface area contributed by atoms with Gasteiger partial charge in [0.2, 0.25) is 11.8 Å². The van der Waals surface area contributed by atoms with Crippen molar-refractivity contribution < 1.29 is 24.3 Å². The average Bonchev–Trinajstić information content (AvgIpc) is 2.67. The van der Waals surface area contributed by atoms with E-state index >= 15 is 0 Å². The lowest BCUT2D eigenvalue weighted by Crippen LogP contribution is -2.44. The van der Waals surface area contributed by atoms with Gasteiger partial charge in [-0.2, -0.15) is 0 Å². The highest BCUT2D eigenvalue weighted by Gasteiger charge is 2.38. The molecular formula is C23H43N3O5. The fourth-order valence-corrected chi connectivity index (χ4v) is 4.43. The highest BCUT2D eigenvalue weighted by molar-refractivity contribution is 5.82. The van der Waals surface area contributed by atoms with E-state index in [0.29, 0.717) is 12.8 Å². The molecule has 180 valence electrons. The highest BCUT2D eigenvalue weighted by Crippen LogP contribution is 2.33. The lowest BCUT2D eigenvalue weighted by atomic mass is 9.73. The van der Waals surface area contributed by atoms with Gasteiger partial charge < -0.3 is 21.9 Å². The fraction of sp³-hybridized carbons (Fsp3) is 0.826. The number of Topliss-reactive ketones (excluding diaryl/α,β-unsaturated/α-hetero) is 2. The molecule has 0 aromatic rings. The van der Waals surface area contributed by atoms with Crippen LogP contribution in [-0.4, -0.2) is 48.2 Å². The molecule has 0 aliphatic carbocycles. The Morgan fingerprint density at radius 1 is 0.806 bits per heavy atom. The second-order valence-electron chi connectivity index (χ2n) is 8.80. The molecule has 31 heavy (non-hydrogen) atoms. The van der Waals surface area contributed by atoms with Crippen molar-refractivity contribution in [3.63, 3.8) is 0 Å². The summed E-state index contributed by atoms with van der Waals surface area (Å²) in [5.41, 5.74) is 11.4. The van der Waals surface area contributed by atoms with Crippen LogP contribution in [0.2, 0.25) is 0 Å². The maximum atomic E-state index is 12.4. The molecule has 0 spiro atoms. The molecule has 0 aromatic heterocycles. The molecular weight excluding hydrogens is 398 g/mol. The summed E-state index contributed by atoms with van der Waals surface area (Å²) >= 11 is 0. The number of primary amides is 2. The molecule has 6 atom stereocenters. The summed E-state index contributed by atoms with van der Waals surface area (Å²) < 4.78 is 0. The predicted octanol–water partition coefficient (Wildman–Crippen LogP) is 1.57. The van der Waals surface area contributed by atoms with Gasteiger partial charge in [0.15, 0.2) is 0 Å². The Bertz CT molecular complexity index is 596. The van der Waals surface area contributed by atoms with Crippen molar-refractivity contribution in [1.82, 2.24) is 5.32 Å². The van der Waals surface area contributed by atoms with Crippen molar-refractivity contribution in [3.8, 4) is 0 Å². The molecule has 6 unspecified atom stereocenters. The van der Waals surface area contributed by atoms with Crippen LogP contribution in [0.25, 0.3) is 0 Å². The molecule has 0 aliphatic heterocycles. The number of aliphatic hydroxyl groups is 1. The summed E-state index contributed by atoms with van der Waals surface area (Å²) in [6, 6.07) is 0. The normalized spacial score (nSPS) is 17.2. The first-order valence-corrected chi connectivity index (χ1v) is 11.4. The Kier molecular flexibility index (Phi) is 14.2. The van der Waals surface area contributed by atoms with Gasteiger partial charge in [-0.05, 0) is 58.9 Å². The predicted molar refractivity (Wildman–Crippen MR) is 121 cm³/mol. The Balaban J connectivity index is 5.92. The van der Waals surface area contributed by atoms with Crippen LogP contribution in [0.4, 0.5) is 0 Å². The Labute approximate surface area is 186 Å². The minimum Gasteiger partial charge on any atom is -0.391 e. The van der Waals surface area contributed by atoms with Gasteiger partial charge in [-0.15, -0.1) is 0 Å². The Hall–Kier alpha value is -1.80. The highest BCUT2D eigenvalue weighted by atomic mass is 16.3. The number of rotatable bonds is 18. The smallest absolute Gasteiger partial charge is 0.220 e. The SMILES string of the molecule is CCCC(CC(CC(C(O)CNC)C(CC(CCC)C(C)=O)C(N)=O)C(N)=O)C(C)=O. The van der Waals surface area contributed by atoms with E-state index in [2.05, 4.69) is 5.32 Å². The third-order valence-corrected chi connectivity index (χ3v) is 6.28. The standard InChI is InChI=1S/C23H43N3O5/c1-6-8-16(14(3)27)10-18(22(24)30)12-19(21(29)13-26-5)20(23(25)31)11-17(9-7-2)15(4)28/h16-21,26,29H,6-13H2,1-5H3,(H2,24,30)(H2,25,31). The van der Waals surface area contributed by atoms with Crippen molar-refractivity contribution in [2.24, 2.45) is 41.1 Å². The first kappa shape index (κ1) is 29.2. The molecule has 0 fully saturated rings. The van der Waals surface area contributed by atoms with Gasteiger partial charge in [0.25, 0.3) is 0 Å². The van der Waals surface area contributed by atoms with Crippen LogP contribution in [-0.2, 0) is 19.2 Å². The Morgan fingerprint density at radius 2 is 1.29 bits per heavy atom. The number of hydrogen-bond acceptors (Lipinski definition) is 6. The molecule has 8 nitrogen and oxygen atoms in total. The van der Waals surface area contributed by atoms with Crippen LogP contribution in [0.15, 0.2) is 0 Å². The van der Waals surface area contributed by atoms with Gasteiger partial charge in [-0.3, -0.25) is 19.2 Å². The number of nitrogens with two attached hydrogens (primary N) is 2. The fourth-order valence-electron chi connectivity index (χ4n) is 4.43. The minimum atomic E-state index is -0.958. The van der Waals surface area contributed by atoms with Gasteiger partial charge >= 0.3 is 0 Å². The summed E-state index contributed by atoms with van der Waals surface area (Å²) in [7, 11) is 1.67. The van der Waals surface area contributed by atoms with Crippen molar-refractivity contribution in [1.29, 1.82) is 0 Å². The Morgan fingerprint density at radius 3 is 1.65 bits per heavy atom. The number of amides is 2. The summed E-state index contributed by atoms with van der Waals surface area (Å²) in [4.78, 5) is 48.8. The summed E-state index contributed by atoms with van der Waals surface area (Å²) in [6.07, 6.45) is 2.51. The monoisotopic (exact) mass is 441 g/mol. The molecule has 0 heterocycles. The van der Waals surface area contributed by atoms with E-state index < -0.39 is 35.7 Å². The van der Waals surface area contributed by atoms with Crippen molar-refractivity contribution in [3.05, 3.63) is 0 Å². The van der Waals surface area contributed by atoms with E-state index in [4.69, 9.17) is 11.5 Å². The number of aliphatic hydroxyl groups excluding tert-OH is 1. The molecule has 6 N–H and O–H groups in total. The summed E-state index contributed by atoms with van der Waals surface area (Å²) in [6.45, 7) is 7.12. The zero-order chi connectivity index (χ0) is 24.1. The molecule has 2 amide bonds. The number of carbonyl (C=O) groups is 4. The van der Waals surface area contributed by atoms with E-state index in [0.717, 1.165) is 12.8 Å². The number of carbonyl (C=O) groups excluding carboxylic acids is 4. The molecule has 0 saturated carbocycles. The third kappa shape index (κ3) is 10.4. The maximum absolute atomic E-state index is 12.4. The van der Waals surface area contributed by atoms with Crippen LogP contribution in [0, 0.1) is 29.6 Å². The molecule has 8 heteroatoms. The second kappa shape index (κ2) is 15.1. The zero-order valence-corrected chi connectivity index (χ0v) is 19.9. The van der Waals surface area contributed by atoms with E-state index in [1.54, 1.807) is 7.05 Å². The van der Waals surface area contributed by atoms with Crippen LogP contribution in [0.1, 0.15) is 72.6 Å². The van der Waals surface area contributed by atoms with Gasteiger partial charge in [0, 0.05) is 30.2 Å². The van der Waals surface area contributed by atoms with E-state index in [9.17, 15) is 24.3 Å². The molecule has 0 rings (SSSR count). The van der Waals surface area contributed by atoms with E-state index in [-0.39, 0.29) is 49.2 Å². The van der Waals surface area contributed by atoms with E-state index in [1.807, 2.05) is 13.8 Å². The number of nitrogens with one attached hydrogen (secondary N) is 1. The molecule has 0 aromatic carbocycles. The van der Waals surface area contributed by atoms with Crippen molar-refractivity contribution in [2.45, 2.75) is 78.7 Å². The lowest BCUT2D eigenvalue weighted by molar-refractivity contribution is -0.131. The van der Waals surface area contributed by atoms with Gasteiger partial charge in [0.05, 0.1) is 6.10 Å². The second-order valence-corrected chi connectivity index (χ2v) is 8.80. The van der Waals surface area contributed by atoms with Crippen LogP contribution >= 0.6 is 0 Å². The summed E-state index contributed by atoms with van der Waals surface area (Å²) in [5.74, 6) is -3.98. The average molecular weight is 442 g/mol. The van der Waals surface area contributed by atoms with Crippen molar-refractivity contribution >= 4 is 23.4 Å². The molecule has 0 bridgehead atoms. The minimum absolute atomic E-state index is 0.00790. The molecule has 0 aliphatic rings. The van der Waals surface area contributed by atoms with Gasteiger partial charge in [0.1, 0.15) is 11.6 Å². The lowest BCUT2D eigenvalue weighted by Gasteiger charge is -2.33. The number of ketones is 2.